The van der Waals surface area contributed by atoms with Gasteiger partial charge in [0.1, 0.15) is 11.5 Å². The van der Waals surface area contributed by atoms with Gasteiger partial charge in [-0.15, -0.1) is 0 Å². The minimum Gasteiger partial charge on any atom is -0.429 e. The predicted octanol–water partition coefficient (Wildman–Crippen LogP) is 2.55. The fourth-order valence-electron chi connectivity index (χ4n) is 1.62. The lowest BCUT2D eigenvalue weighted by atomic mass is 9.96. The number of hydrogen-bond acceptors (Lipinski definition) is 3. The van der Waals surface area contributed by atoms with E-state index in [1.165, 1.54) is 0 Å². The van der Waals surface area contributed by atoms with Crippen molar-refractivity contribution in [2.45, 2.75) is 33.6 Å². The van der Waals surface area contributed by atoms with Crippen LogP contribution in [0.3, 0.4) is 0 Å². The lowest BCUT2D eigenvalue weighted by Gasteiger charge is -2.10. The molecule has 1 aromatic rings. The first-order valence-corrected chi connectivity index (χ1v) is 5.83. The Hall–Kier alpha value is -1.64. The summed E-state index contributed by atoms with van der Waals surface area (Å²) in [6.07, 6.45) is 1.26. The maximum atomic E-state index is 11.7. The highest BCUT2D eigenvalue weighted by molar-refractivity contribution is 5.83. The molecule has 0 aliphatic rings. The number of Topliss-reactive ketones (excluding diaryl/α,β-unsaturated/α-hetero) is 1. The fraction of sp³-hybridized carbons (Fsp3) is 0.429. The average molecular weight is 234 g/mol. The van der Waals surface area contributed by atoms with E-state index < -0.39 is 0 Å². The molecule has 17 heavy (non-hydrogen) atoms. The van der Waals surface area contributed by atoms with Crippen LogP contribution < -0.4 is 4.74 Å². The van der Waals surface area contributed by atoms with Crippen molar-refractivity contribution in [3.63, 3.8) is 0 Å². The number of rotatable bonds is 6. The topological polar surface area (TPSA) is 43.4 Å². The molecule has 0 saturated carbocycles. The number of ketones is 1. The SMILES string of the molecule is CCc1cc(OC=O)ccc1CC(=O)C(C)C. The Kier molecular flexibility index (Phi) is 4.88. The largest absolute Gasteiger partial charge is 0.429 e. The molecule has 0 fully saturated rings. The van der Waals surface area contributed by atoms with Crippen LogP contribution in [-0.2, 0) is 22.4 Å². The molecule has 0 amide bonds. The van der Waals surface area contributed by atoms with Gasteiger partial charge in [0.25, 0.3) is 6.47 Å². The quantitative estimate of drug-likeness (QED) is 0.710. The Morgan fingerprint density at radius 3 is 2.59 bits per heavy atom. The standard InChI is InChI=1S/C14H18O3/c1-4-11-7-13(17-9-15)6-5-12(11)8-14(16)10(2)3/h5-7,9-10H,4,8H2,1-3H3. The van der Waals surface area contributed by atoms with Crippen LogP contribution in [0.25, 0.3) is 0 Å². The zero-order chi connectivity index (χ0) is 12.8. The van der Waals surface area contributed by atoms with Crippen LogP contribution in [0.4, 0.5) is 0 Å². The summed E-state index contributed by atoms with van der Waals surface area (Å²) in [5.41, 5.74) is 2.07. The van der Waals surface area contributed by atoms with Crippen molar-refractivity contribution in [2.75, 3.05) is 0 Å². The van der Waals surface area contributed by atoms with Gasteiger partial charge in [0.15, 0.2) is 0 Å². The van der Waals surface area contributed by atoms with Gasteiger partial charge in [-0.1, -0.05) is 26.8 Å². The van der Waals surface area contributed by atoms with Gasteiger partial charge in [0.05, 0.1) is 0 Å². The Morgan fingerprint density at radius 2 is 2.06 bits per heavy atom. The van der Waals surface area contributed by atoms with Crippen LogP contribution in [-0.4, -0.2) is 12.3 Å². The highest BCUT2D eigenvalue weighted by atomic mass is 16.5. The number of carbonyl (C=O) groups is 2. The molecule has 0 aromatic heterocycles. The molecule has 0 N–H and O–H groups in total. The maximum Gasteiger partial charge on any atom is 0.298 e. The maximum absolute atomic E-state index is 11.7. The lowest BCUT2D eigenvalue weighted by Crippen LogP contribution is -2.11. The first-order valence-electron chi connectivity index (χ1n) is 5.83. The second-order valence-electron chi connectivity index (χ2n) is 4.30. The van der Waals surface area contributed by atoms with E-state index in [0.29, 0.717) is 18.6 Å². The Balaban J connectivity index is 2.92. The van der Waals surface area contributed by atoms with E-state index in [1.807, 2.05) is 32.9 Å². The van der Waals surface area contributed by atoms with Gasteiger partial charge < -0.3 is 4.74 Å². The van der Waals surface area contributed by atoms with E-state index in [9.17, 15) is 9.59 Å². The summed E-state index contributed by atoms with van der Waals surface area (Å²) in [6, 6.07) is 5.39. The Labute approximate surface area is 102 Å². The molecule has 92 valence electrons. The van der Waals surface area contributed by atoms with Crippen LogP contribution in [0.2, 0.25) is 0 Å². The van der Waals surface area contributed by atoms with E-state index in [0.717, 1.165) is 17.5 Å². The molecule has 0 spiro atoms. The zero-order valence-corrected chi connectivity index (χ0v) is 10.5. The van der Waals surface area contributed by atoms with E-state index >= 15 is 0 Å². The molecule has 0 unspecified atom stereocenters. The van der Waals surface area contributed by atoms with Crippen LogP contribution >= 0.6 is 0 Å². The highest BCUT2D eigenvalue weighted by Gasteiger charge is 2.11. The summed E-state index contributed by atoms with van der Waals surface area (Å²) in [7, 11) is 0. The number of carbonyl (C=O) groups excluding carboxylic acids is 2. The summed E-state index contributed by atoms with van der Waals surface area (Å²) >= 11 is 0. The average Bonchev–Trinajstić information content (AvgIpc) is 2.31. The summed E-state index contributed by atoms with van der Waals surface area (Å²) in [6.45, 7) is 6.23. The van der Waals surface area contributed by atoms with Crippen LogP contribution in [0.5, 0.6) is 5.75 Å². The summed E-state index contributed by atoms with van der Waals surface area (Å²) in [5.74, 6) is 0.798. The Morgan fingerprint density at radius 1 is 1.35 bits per heavy atom. The minimum atomic E-state index is 0.0469. The zero-order valence-electron chi connectivity index (χ0n) is 10.5. The second kappa shape index (κ2) is 6.18. The smallest absolute Gasteiger partial charge is 0.298 e. The van der Waals surface area contributed by atoms with E-state index in [4.69, 9.17) is 4.74 Å². The fourth-order valence-corrected chi connectivity index (χ4v) is 1.62. The third kappa shape index (κ3) is 3.70. The van der Waals surface area contributed by atoms with Gasteiger partial charge in [-0.25, -0.2) is 0 Å². The highest BCUT2D eigenvalue weighted by Crippen LogP contribution is 2.19. The van der Waals surface area contributed by atoms with Crippen molar-refractivity contribution < 1.29 is 14.3 Å². The molecular weight excluding hydrogens is 216 g/mol. The van der Waals surface area contributed by atoms with E-state index in [2.05, 4.69) is 0 Å². The molecular formula is C14H18O3. The number of hydrogen-bond donors (Lipinski definition) is 0. The van der Waals surface area contributed by atoms with Crippen LogP contribution in [0.1, 0.15) is 31.9 Å². The minimum absolute atomic E-state index is 0.0469. The molecule has 0 atom stereocenters. The molecule has 0 saturated heterocycles. The molecule has 1 rings (SSSR count). The third-order valence-corrected chi connectivity index (χ3v) is 2.75. The van der Waals surface area contributed by atoms with Gasteiger partial charge in [-0.05, 0) is 29.7 Å². The summed E-state index contributed by atoms with van der Waals surface area (Å²) in [5, 5.41) is 0. The van der Waals surface area contributed by atoms with Gasteiger partial charge in [0.2, 0.25) is 0 Å². The molecule has 1 aromatic carbocycles. The van der Waals surface area contributed by atoms with Gasteiger partial charge in [-0.2, -0.15) is 0 Å². The predicted molar refractivity (Wildman–Crippen MR) is 66.1 cm³/mol. The lowest BCUT2D eigenvalue weighted by molar-refractivity contribution is -0.121. The normalized spacial score (nSPS) is 10.4. The molecule has 3 nitrogen and oxygen atoms in total. The van der Waals surface area contributed by atoms with Crippen LogP contribution in [0, 0.1) is 5.92 Å². The molecule has 0 heterocycles. The molecule has 0 bridgehead atoms. The van der Waals surface area contributed by atoms with Crippen LogP contribution in [0.15, 0.2) is 18.2 Å². The van der Waals surface area contributed by atoms with Crippen molar-refractivity contribution in [1.82, 2.24) is 0 Å². The molecule has 0 aliphatic carbocycles. The number of benzene rings is 1. The van der Waals surface area contributed by atoms with Gasteiger partial charge in [0, 0.05) is 12.3 Å². The second-order valence-corrected chi connectivity index (χ2v) is 4.30. The van der Waals surface area contributed by atoms with Crippen molar-refractivity contribution in [3.05, 3.63) is 29.3 Å². The molecule has 0 radical (unpaired) electrons. The van der Waals surface area contributed by atoms with E-state index in [-0.39, 0.29) is 11.7 Å². The first-order chi connectivity index (χ1) is 8.08. The van der Waals surface area contributed by atoms with Gasteiger partial charge >= 0.3 is 0 Å². The monoisotopic (exact) mass is 234 g/mol. The van der Waals surface area contributed by atoms with Crippen molar-refractivity contribution in [1.29, 1.82) is 0 Å². The van der Waals surface area contributed by atoms with Crippen molar-refractivity contribution in [3.8, 4) is 5.75 Å². The summed E-state index contributed by atoms with van der Waals surface area (Å²) in [4.78, 5) is 22.0. The van der Waals surface area contributed by atoms with Crippen molar-refractivity contribution in [2.24, 2.45) is 5.92 Å². The molecule has 3 heteroatoms. The van der Waals surface area contributed by atoms with Gasteiger partial charge in [-0.3, -0.25) is 9.59 Å². The number of aryl methyl sites for hydroxylation is 1. The molecule has 0 aliphatic heterocycles. The first kappa shape index (κ1) is 13.4. The third-order valence-electron chi connectivity index (χ3n) is 2.75. The summed E-state index contributed by atoms with van der Waals surface area (Å²) < 4.78 is 4.79. The Bertz CT molecular complexity index is 408. The number of ether oxygens (including phenoxy) is 1. The van der Waals surface area contributed by atoms with Crippen molar-refractivity contribution >= 4 is 12.3 Å². The van der Waals surface area contributed by atoms with E-state index in [1.54, 1.807) is 6.07 Å².